The van der Waals surface area contributed by atoms with Gasteiger partial charge in [-0.3, -0.25) is 4.79 Å². The third kappa shape index (κ3) is 2.91. The quantitative estimate of drug-likeness (QED) is 0.778. The first-order valence-electron chi connectivity index (χ1n) is 7.20. The van der Waals surface area contributed by atoms with Crippen molar-refractivity contribution >= 4 is 17.5 Å². The van der Waals surface area contributed by atoms with Gasteiger partial charge in [-0.05, 0) is 49.3 Å². The molecule has 4 heteroatoms. The molecule has 2 saturated heterocycles. The van der Waals surface area contributed by atoms with Crippen LogP contribution in [0.1, 0.15) is 36.0 Å². The molecule has 1 unspecified atom stereocenters. The Bertz CT molecular complexity index is 491. The number of halogens is 1. The summed E-state index contributed by atoms with van der Waals surface area (Å²) in [5.74, 6) is 1.94. The Morgan fingerprint density at radius 3 is 2.90 bits per heavy atom. The van der Waals surface area contributed by atoms with E-state index in [1.54, 1.807) is 12.1 Å². The van der Waals surface area contributed by atoms with Crippen LogP contribution in [0.25, 0.3) is 0 Å². The van der Waals surface area contributed by atoms with E-state index in [0.717, 1.165) is 37.2 Å². The van der Waals surface area contributed by atoms with Gasteiger partial charge in [-0.15, -0.1) is 0 Å². The van der Waals surface area contributed by atoms with Gasteiger partial charge in [0.1, 0.15) is 5.82 Å². The van der Waals surface area contributed by atoms with Gasteiger partial charge in [-0.2, -0.15) is 11.8 Å². The van der Waals surface area contributed by atoms with Gasteiger partial charge >= 0.3 is 0 Å². The molecule has 2 fully saturated rings. The number of ether oxygens (including phenoxy) is 1. The van der Waals surface area contributed by atoms with Gasteiger partial charge in [0.25, 0.3) is 0 Å². The zero-order valence-electron chi connectivity index (χ0n) is 11.4. The largest absolute Gasteiger partial charge is 0.375 e. The Labute approximate surface area is 123 Å². The van der Waals surface area contributed by atoms with Gasteiger partial charge in [-0.1, -0.05) is 12.1 Å². The van der Waals surface area contributed by atoms with Crippen molar-refractivity contribution in [3.8, 4) is 0 Å². The van der Waals surface area contributed by atoms with Crippen LogP contribution in [0.2, 0.25) is 0 Å². The monoisotopic (exact) mass is 294 g/mol. The summed E-state index contributed by atoms with van der Waals surface area (Å²) in [6.45, 7) is 0.649. The molecule has 0 bridgehead atoms. The number of Topliss-reactive ketones (excluding diaryl/α,β-unsaturated/α-hetero) is 1. The van der Waals surface area contributed by atoms with Gasteiger partial charge in [0, 0.05) is 18.1 Å². The van der Waals surface area contributed by atoms with E-state index < -0.39 is 0 Å². The molecule has 0 aliphatic carbocycles. The molecule has 1 atom stereocenters. The Balaban J connectivity index is 1.74. The molecule has 2 heterocycles. The van der Waals surface area contributed by atoms with Crippen LogP contribution in [0.5, 0.6) is 0 Å². The van der Waals surface area contributed by atoms with Crippen molar-refractivity contribution in [2.75, 3.05) is 18.1 Å². The maximum atomic E-state index is 13.3. The summed E-state index contributed by atoms with van der Waals surface area (Å²) < 4.78 is 19.3. The van der Waals surface area contributed by atoms with Crippen molar-refractivity contribution in [1.82, 2.24) is 0 Å². The van der Waals surface area contributed by atoms with Crippen LogP contribution in [0.3, 0.4) is 0 Å². The molecule has 2 aliphatic rings. The Hall–Kier alpha value is -0.870. The minimum absolute atomic E-state index is 0.0198. The summed E-state index contributed by atoms with van der Waals surface area (Å²) >= 11 is 1.96. The minimum Gasteiger partial charge on any atom is -0.375 e. The lowest BCUT2D eigenvalue weighted by Gasteiger charge is -2.42. The van der Waals surface area contributed by atoms with Gasteiger partial charge < -0.3 is 4.74 Å². The molecule has 2 aliphatic heterocycles. The summed E-state index contributed by atoms with van der Waals surface area (Å²) in [5, 5.41) is 0. The van der Waals surface area contributed by atoms with Gasteiger partial charge in [0.15, 0.2) is 5.78 Å². The Kier molecular flexibility index (Phi) is 4.13. The highest BCUT2D eigenvalue weighted by Crippen LogP contribution is 2.40. The van der Waals surface area contributed by atoms with E-state index in [1.807, 2.05) is 11.8 Å². The molecule has 2 nitrogen and oxygen atoms in total. The molecular formula is C16H19FO2S. The topological polar surface area (TPSA) is 26.3 Å². The highest BCUT2D eigenvalue weighted by Gasteiger charge is 2.41. The lowest BCUT2D eigenvalue weighted by Crippen LogP contribution is -2.44. The predicted molar refractivity (Wildman–Crippen MR) is 78.7 cm³/mol. The molecule has 3 rings (SSSR count). The van der Waals surface area contributed by atoms with E-state index in [4.69, 9.17) is 4.74 Å². The highest BCUT2D eigenvalue weighted by molar-refractivity contribution is 7.99. The second kappa shape index (κ2) is 5.86. The van der Waals surface area contributed by atoms with Gasteiger partial charge in [-0.25, -0.2) is 4.39 Å². The Morgan fingerprint density at radius 2 is 2.15 bits per heavy atom. The van der Waals surface area contributed by atoms with Crippen molar-refractivity contribution in [3.63, 3.8) is 0 Å². The normalized spacial score (nSPS) is 25.6. The molecule has 20 heavy (non-hydrogen) atoms. The van der Waals surface area contributed by atoms with E-state index in [9.17, 15) is 9.18 Å². The van der Waals surface area contributed by atoms with E-state index in [-0.39, 0.29) is 23.1 Å². The molecule has 0 N–H and O–H groups in total. The minimum atomic E-state index is -0.341. The van der Waals surface area contributed by atoms with Crippen molar-refractivity contribution in [1.29, 1.82) is 0 Å². The first-order chi connectivity index (χ1) is 9.69. The van der Waals surface area contributed by atoms with Crippen molar-refractivity contribution in [2.45, 2.75) is 31.3 Å². The number of carbonyl (C=O) groups is 1. The molecule has 0 aromatic heterocycles. The fourth-order valence-corrected chi connectivity index (χ4v) is 4.46. The molecule has 0 amide bonds. The average molecular weight is 294 g/mol. The van der Waals surface area contributed by atoms with Gasteiger partial charge in [0.2, 0.25) is 0 Å². The maximum absolute atomic E-state index is 13.3. The van der Waals surface area contributed by atoms with Gasteiger partial charge in [0.05, 0.1) is 5.60 Å². The number of benzene rings is 1. The SMILES string of the molecule is O=C(c1cccc(F)c1)C1CCOC2(CCSCC2)C1. The number of carbonyl (C=O) groups excluding carboxylic acids is 1. The van der Waals surface area contributed by atoms with Crippen molar-refractivity contribution in [2.24, 2.45) is 5.92 Å². The van der Waals surface area contributed by atoms with E-state index >= 15 is 0 Å². The lowest BCUT2D eigenvalue weighted by atomic mass is 9.79. The summed E-state index contributed by atoms with van der Waals surface area (Å²) in [6.07, 6.45) is 3.61. The van der Waals surface area contributed by atoms with Crippen molar-refractivity contribution < 1.29 is 13.9 Å². The molecule has 1 spiro atoms. The number of hydrogen-bond acceptors (Lipinski definition) is 3. The zero-order valence-corrected chi connectivity index (χ0v) is 12.3. The second-order valence-corrected chi connectivity index (χ2v) is 6.93. The smallest absolute Gasteiger partial charge is 0.166 e. The van der Waals surface area contributed by atoms with Crippen LogP contribution in [-0.2, 0) is 4.74 Å². The zero-order chi connectivity index (χ0) is 14.0. The van der Waals surface area contributed by atoms with Crippen LogP contribution in [0.4, 0.5) is 4.39 Å². The summed E-state index contributed by atoms with van der Waals surface area (Å²) in [4.78, 5) is 12.6. The molecule has 1 aromatic carbocycles. The van der Waals surface area contributed by atoms with E-state index in [1.165, 1.54) is 12.1 Å². The molecule has 0 saturated carbocycles. The number of hydrogen-bond donors (Lipinski definition) is 0. The molecule has 0 radical (unpaired) electrons. The maximum Gasteiger partial charge on any atom is 0.166 e. The first kappa shape index (κ1) is 14.1. The summed E-state index contributed by atoms with van der Waals surface area (Å²) in [6, 6.07) is 6.04. The second-order valence-electron chi connectivity index (χ2n) is 5.71. The standard InChI is InChI=1S/C16H19FO2S/c17-14-3-1-2-12(10-14)15(18)13-4-7-19-16(11-13)5-8-20-9-6-16/h1-3,10,13H,4-9,11H2. The van der Waals surface area contributed by atoms with Crippen molar-refractivity contribution in [3.05, 3.63) is 35.6 Å². The third-order valence-electron chi connectivity index (χ3n) is 4.38. The van der Waals surface area contributed by atoms with Crippen LogP contribution in [-0.4, -0.2) is 29.5 Å². The highest BCUT2D eigenvalue weighted by atomic mass is 32.2. The molecule has 1 aromatic rings. The van der Waals surface area contributed by atoms with Crippen LogP contribution in [0.15, 0.2) is 24.3 Å². The molecular weight excluding hydrogens is 275 g/mol. The summed E-state index contributed by atoms with van der Waals surface area (Å²) in [5.41, 5.74) is 0.397. The molecule has 108 valence electrons. The van der Waals surface area contributed by atoms with E-state index in [0.29, 0.717) is 12.2 Å². The van der Waals surface area contributed by atoms with Crippen LogP contribution >= 0.6 is 11.8 Å². The fraction of sp³-hybridized carbons (Fsp3) is 0.562. The number of ketones is 1. The lowest BCUT2D eigenvalue weighted by molar-refractivity contribution is -0.0959. The average Bonchev–Trinajstić information content (AvgIpc) is 2.47. The van der Waals surface area contributed by atoms with Crippen LogP contribution in [0, 0.1) is 11.7 Å². The first-order valence-corrected chi connectivity index (χ1v) is 8.36. The summed E-state index contributed by atoms with van der Waals surface area (Å²) in [7, 11) is 0. The fourth-order valence-electron chi connectivity index (χ4n) is 3.22. The third-order valence-corrected chi connectivity index (χ3v) is 5.36. The predicted octanol–water partition coefficient (Wildman–Crippen LogP) is 3.70. The number of thioether (sulfide) groups is 1. The Morgan fingerprint density at radius 1 is 1.35 bits per heavy atom. The van der Waals surface area contributed by atoms with Crippen LogP contribution < -0.4 is 0 Å². The van der Waals surface area contributed by atoms with E-state index in [2.05, 4.69) is 0 Å². The number of rotatable bonds is 2.